The van der Waals surface area contributed by atoms with Gasteiger partial charge >= 0.3 is 0 Å². The van der Waals surface area contributed by atoms with Gasteiger partial charge in [0.2, 0.25) is 0 Å². The van der Waals surface area contributed by atoms with Gasteiger partial charge in [-0.15, -0.1) is 10.2 Å². The van der Waals surface area contributed by atoms with Gasteiger partial charge in [0.15, 0.2) is 11.8 Å². The van der Waals surface area contributed by atoms with Crippen LogP contribution in [0.5, 0.6) is 0 Å². The highest BCUT2D eigenvalue weighted by Gasteiger charge is 2.01. The van der Waals surface area contributed by atoms with Gasteiger partial charge in [0, 0.05) is 13.1 Å². The van der Waals surface area contributed by atoms with E-state index in [1.807, 2.05) is 4.57 Å². The molecule has 0 aromatic carbocycles. The van der Waals surface area contributed by atoms with E-state index in [9.17, 15) is 0 Å². The molecular formula is C14H28N6. The second-order valence-electron chi connectivity index (χ2n) is 4.93. The largest absolute Gasteiger partial charge is 0.370 e. The molecule has 3 N–H and O–H groups in total. The van der Waals surface area contributed by atoms with Crippen molar-refractivity contribution in [1.29, 1.82) is 0 Å². The Hall–Kier alpha value is -1.59. The fourth-order valence-electron chi connectivity index (χ4n) is 2.00. The SMILES string of the molecule is CCCCCCCCNC(N)=NCc1nncn1CC. The number of rotatable bonds is 10. The Morgan fingerprint density at radius 2 is 2.00 bits per heavy atom. The third kappa shape index (κ3) is 6.54. The van der Waals surface area contributed by atoms with E-state index in [0.717, 1.165) is 25.3 Å². The van der Waals surface area contributed by atoms with Crippen LogP contribution in [0.25, 0.3) is 0 Å². The predicted octanol–water partition coefficient (Wildman–Crippen LogP) is 2.06. The molecule has 0 unspecified atom stereocenters. The van der Waals surface area contributed by atoms with Crippen LogP contribution in [0.3, 0.4) is 0 Å². The Kier molecular flexibility index (Phi) is 8.42. The fourth-order valence-corrected chi connectivity index (χ4v) is 2.00. The Balaban J connectivity index is 2.13. The molecule has 0 aliphatic rings. The Morgan fingerprint density at radius 1 is 1.25 bits per heavy atom. The van der Waals surface area contributed by atoms with Crippen molar-refractivity contribution in [3.05, 3.63) is 12.2 Å². The Labute approximate surface area is 121 Å². The monoisotopic (exact) mass is 280 g/mol. The molecule has 0 spiro atoms. The van der Waals surface area contributed by atoms with E-state index in [1.54, 1.807) is 6.33 Å². The van der Waals surface area contributed by atoms with Crippen molar-refractivity contribution >= 4 is 5.96 Å². The molecule has 0 fully saturated rings. The Morgan fingerprint density at radius 3 is 2.75 bits per heavy atom. The van der Waals surface area contributed by atoms with Crippen LogP contribution in [-0.2, 0) is 13.1 Å². The molecule has 0 amide bonds. The molecule has 0 aliphatic heterocycles. The fraction of sp³-hybridized carbons (Fsp3) is 0.786. The van der Waals surface area contributed by atoms with Crippen LogP contribution in [-0.4, -0.2) is 27.3 Å². The maximum atomic E-state index is 5.83. The van der Waals surface area contributed by atoms with Crippen LogP contribution in [0.1, 0.15) is 58.2 Å². The number of unbranched alkanes of at least 4 members (excludes halogenated alkanes) is 5. The minimum Gasteiger partial charge on any atom is -0.370 e. The smallest absolute Gasteiger partial charge is 0.189 e. The number of nitrogens with two attached hydrogens (primary N) is 1. The summed E-state index contributed by atoms with van der Waals surface area (Å²) in [6.07, 6.45) is 9.40. The lowest BCUT2D eigenvalue weighted by Crippen LogP contribution is -2.32. The number of guanidine groups is 1. The number of nitrogens with one attached hydrogen (secondary N) is 1. The lowest BCUT2D eigenvalue weighted by molar-refractivity contribution is 0.601. The average Bonchev–Trinajstić information content (AvgIpc) is 2.91. The lowest BCUT2D eigenvalue weighted by atomic mass is 10.1. The number of aromatic nitrogens is 3. The van der Waals surface area contributed by atoms with E-state index in [-0.39, 0.29) is 0 Å². The maximum Gasteiger partial charge on any atom is 0.189 e. The minimum absolute atomic E-state index is 0.475. The van der Waals surface area contributed by atoms with Crippen LogP contribution in [0.4, 0.5) is 0 Å². The molecule has 0 radical (unpaired) electrons. The van der Waals surface area contributed by atoms with Crippen molar-refractivity contribution in [2.75, 3.05) is 6.54 Å². The summed E-state index contributed by atoms with van der Waals surface area (Å²) in [5.41, 5.74) is 5.83. The van der Waals surface area contributed by atoms with Crippen LogP contribution >= 0.6 is 0 Å². The molecular weight excluding hydrogens is 252 g/mol. The van der Waals surface area contributed by atoms with E-state index >= 15 is 0 Å². The van der Waals surface area contributed by atoms with Crippen molar-refractivity contribution in [2.45, 2.75) is 65.5 Å². The molecule has 0 saturated heterocycles. The molecule has 0 saturated carbocycles. The number of aryl methyl sites for hydroxylation is 1. The first-order chi connectivity index (χ1) is 9.77. The molecule has 1 aromatic heterocycles. The zero-order valence-corrected chi connectivity index (χ0v) is 12.8. The van der Waals surface area contributed by atoms with Crippen LogP contribution in [0.15, 0.2) is 11.3 Å². The van der Waals surface area contributed by atoms with Crippen LogP contribution in [0, 0.1) is 0 Å². The number of aliphatic imine (C=N–C) groups is 1. The van der Waals surface area contributed by atoms with Crippen LogP contribution < -0.4 is 11.1 Å². The summed E-state index contributed by atoms with van der Waals surface area (Å²) < 4.78 is 1.96. The predicted molar refractivity (Wildman–Crippen MR) is 82.4 cm³/mol. The van der Waals surface area contributed by atoms with Gasteiger partial charge in [-0.2, -0.15) is 0 Å². The zero-order chi connectivity index (χ0) is 14.6. The standard InChI is InChI=1S/C14H28N6/c1-3-5-6-7-8-9-10-16-14(15)17-11-13-19-18-12-20(13)4-2/h12H,3-11H2,1-2H3,(H3,15,16,17). The molecule has 6 heteroatoms. The Bertz CT molecular complexity index is 385. The second kappa shape index (κ2) is 10.2. The molecule has 20 heavy (non-hydrogen) atoms. The number of nitrogens with zero attached hydrogens (tertiary/aromatic N) is 4. The summed E-state index contributed by atoms with van der Waals surface area (Å²) in [4.78, 5) is 4.28. The first-order valence-electron chi connectivity index (χ1n) is 7.68. The summed E-state index contributed by atoms with van der Waals surface area (Å²) in [6, 6.07) is 0. The van der Waals surface area contributed by atoms with Crippen LogP contribution in [0.2, 0.25) is 0 Å². The van der Waals surface area contributed by atoms with Gasteiger partial charge in [0.25, 0.3) is 0 Å². The van der Waals surface area contributed by atoms with Gasteiger partial charge in [0.1, 0.15) is 12.9 Å². The van der Waals surface area contributed by atoms with E-state index in [1.165, 1.54) is 32.1 Å². The topological polar surface area (TPSA) is 81.1 Å². The first-order valence-corrected chi connectivity index (χ1v) is 7.68. The van der Waals surface area contributed by atoms with Gasteiger partial charge in [-0.3, -0.25) is 0 Å². The van der Waals surface area contributed by atoms with Gasteiger partial charge < -0.3 is 15.6 Å². The van der Waals surface area contributed by atoms with Gasteiger partial charge in [-0.25, -0.2) is 4.99 Å². The summed E-state index contributed by atoms with van der Waals surface area (Å²) in [7, 11) is 0. The summed E-state index contributed by atoms with van der Waals surface area (Å²) >= 11 is 0. The summed E-state index contributed by atoms with van der Waals surface area (Å²) in [6.45, 7) is 6.50. The highest BCUT2D eigenvalue weighted by molar-refractivity contribution is 5.77. The first kappa shape index (κ1) is 16.5. The lowest BCUT2D eigenvalue weighted by Gasteiger charge is -2.06. The molecule has 1 heterocycles. The highest BCUT2D eigenvalue weighted by atomic mass is 15.3. The maximum absolute atomic E-state index is 5.83. The number of hydrogen-bond acceptors (Lipinski definition) is 3. The van der Waals surface area contributed by atoms with E-state index in [0.29, 0.717) is 12.5 Å². The molecule has 6 nitrogen and oxygen atoms in total. The molecule has 114 valence electrons. The molecule has 1 aromatic rings. The number of hydrogen-bond donors (Lipinski definition) is 2. The van der Waals surface area contributed by atoms with E-state index in [2.05, 4.69) is 34.4 Å². The second-order valence-corrected chi connectivity index (χ2v) is 4.93. The van der Waals surface area contributed by atoms with E-state index < -0.39 is 0 Å². The third-order valence-electron chi connectivity index (χ3n) is 3.26. The average molecular weight is 280 g/mol. The zero-order valence-electron chi connectivity index (χ0n) is 12.8. The molecule has 0 aliphatic carbocycles. The summed E-state index contributed by atoms with van der Waals surface area (Å²) in [5, 5.41) is 11.0. The van der Waals surface area contributed by atoms with Crippen molar-refractivity contribution in [1.82, 2.24) is 20.1 Å². The van der Waals surface area contributed by atoms with Gasteiger partial charge in [-0.1, -0.05) is 39.0 Å². The molecule has 0 bridgehead atoms. The quantitative estimate of drug-likeness (QED) is 0.390. The van der Waals surface area contributed by atoms with E-state index in [4.69, 9.17) is 5.73 Å². The normalized spacial score (nSPS) is 11.8. The molecule has 1 rings (SSSR count). The minimum atomic E-state index is 0.475. The van der Waals surface area contributed by atoms with Crippen molar-refractivity contribution < 1.29 is 0 Å². The van der Waals surface area contributed by atoms with Crippen molar-refractivity contribution in [3.63, 3.8) is 0 Å². The third-order valence-corrected chi connectivity index (χ3v) is 3.26. The highest BCUT2D eigenvalue weighted by Crippen LogP contribution is 2.04. The van der Waals surface area contributed by atoms with Crippen molar-refractivity contribution in [2.24, 2.45) is 10.7 Å². The van der Waals surface area contributed by atoms with Gasteiger partial charge in [0.05, 0.1) is 0 Å². The van der Waals surface area contributed by atoms with Crippen molar-refractivity contribution in [3.8, 4) is 0 Å². The molecule has 0 atom stereocenters. The summed E-state index contributed by atoms with van der Waals surface area (Å²) in [5.74, 6) is 1.33. The van der Waals surface area contributed by atoms with Gasteiger partial charge in [-0.05, 0) is 13.3 Å².